The standard InChI is InChI=1S/C8H12N2O.C2H6O/c9-7-2-1-6(3-4-11)8(10)5-7;1-2-3/h1-2,5,11H,3-4,9-10H2;3H,2H2,1H3. The Hall–Kier alpha value is -1.26. The number of hydrogen-bond donors (Lipinski definition) is 4. The van der Waals surface area contributed by atoms with Gasteiger partial charge in [-0.25, -0.2) is 0 Å². The summed E-state index contributed by atoms with van der Waals surface area (Å²) in [6.07, 6.45) is 0.589. The van der Waals surface area contributed by atoms with Gasteiger partial charge in [-0.2, -0.15) is 0 Å². The fourth-order valence-electron chi connectivity index (χ4n) is 0.962. The van der Waals surface area contributed by atoms with Gasteiger partial charge in [0.1, 0.15) is 0 Å². The molecule has 1 aromatic carbocycles. The fourth-order valence-corrected chi connectivity index (χ4v) is 0.962. The van der Waals surface area contributed by atoms with Crippen LogP contribution in [-0.2, 0) is 6.42 Å². The Morgan fingerprint density at radius 1 is 1.21 bits per heavy atom. The molecule has 0 fully saturated rings. The van der Waals surface area contributed by atoms with Crippen molar-refractivity contribution in [3.05, 3.63) is 23.8 Å². The second-order valence-electron chi connectivity index (χ2n) is 2.75. The molecule has 6 N–H and O–H groups in total. The minimum Gasteiger partial charge on any atom is -0.399 e. The fraction of sp³-hybridized carbons (Fsp3) is 0.400. The average Bonchev–Trinajstić information content (AvgIpc) is 2.11. The van der Waals surface area contributed by atoms with Crippen molar-refractivity contribution < 1.29 is 10.2 Å². The second-order valence-corrected chi connectivity index (χ2v) is 2.75. The van der Waals surface area contributed by atoms with E-state index in [9.17, 15) is 0 Å². The molecule has 1 aromatic rings. The second kappa shape index (κ2) is 7.17. The van der Waals surface area contributed by atoms with Crippen molar-refractivity contribution in [2.24, 2.45) is 0 Å². The molecule has 80 valence electrons. The zero-order valence-electron chi connectivity index (χ0n) is 8.40. The molecule has 0 aliphatic carbocycles. The number of nitrogens with two attached hydrogens (primary N) is 2. The molecule has 0 heterocycles. The summed E-state index contributed by atoms with van der Waals surface area (Å²) in [7, 11) is 0. The number of benzene rings is 1. The van der Waals surface area contributed by atoms with E-state index >= 15 is 0 Å². The Balaban J connectivity index is 0.000000500. The Morgan fingerprint density at radius 2 is 1.79 bits per heavy atom. The number of rotatable bonds is 2. The summed E-state index contributed by atoms with van der Waals surface area (Å²) in [6.45, 7) is 2.05. The van der Waals surface area contributed by atoms with E-state index in [4.69, 9.17) is 21.7 Å². The van der Waals surface area contributed by atoms with Crippen molar-refractivity contribution in [1.82, 2.24) is 0 Å². The maximum absolute atomic E-state index is 8.63. The van der Waals surface area contributed by atoms with Crippen LogP contribution < -0.4 is 11.5 Å². The Labute approximate surface area is 84.2 Å². The number of aliphatic hydroxyl groups is 2. The molecule has 0 aliphatic heterocycles. The molecule has 0 saturated heterocycles. The van der Waals surface area contributed by atoms with Gasteiger partial charge in [-0.1, -0.05) is 6.07 Å². The molecule has 1 rings (SSSR count). The van der Waals surface area contributed by atoms with Crippen molar-refractivity contribution in [1.29, 1.82) is 0 Å². The topological polar surface area (TPSA) is 92.5 Å². The molecular weight excluding hydrogens is 180 g/mol. The van der Waals surface area contributed by atoms with Gasteiger partial charge < -0.3 is 21.7 Å². The van der Waals surface area contributed by atoms with E-state index < -0.39 is 0 Å². The van der Waals surface area contributed by atoms with E-state index in [1.165, 1.54) is 0 Å². The molecule has 0 aromatic heterocycles. The van der Waals surface area contributed by atoms with E-state index in [2.05, 4.69) is 0 Å². The van der Waals surface area contributed by atoms with Crippen molar-refractivity contribution in [2.45, 2.75) is 13.3 Å². The van der Waals surface area contributed by atoms with Gasteiger partial charge in [0.15, 0.2) is 0 Å². The molecule has 14 heavy (non-hydrogen) atoms. The minimum absolute atomic E-state index is 0.119. The smallest absolute Gasteiger partial charge is 0.0472 e. The van der Waals surface area contributed by atoms with Crippen LogP contribution in [0.3, 0.4) is 0 Å². The summed E-state index contributed by atoms with van der Waals surface area (Å²) in [4.78, 5) is 0. The van der Waals surface area contributed by atoms with Gasteiger partial charge in [0.05, 0.1) is 0 Å². The van der Waals surface area contributed by atoms with Crippen LogP contribution in [0.25, 0.3) is 0 Å². The molecule has 0 spiro atoms. The van der Waals surface area contributed by atoms with Crippen LogP contribution in [0.4, 0.5) is 11.4 Å². The number of nitrogen functional groups attached to an aromatic ring is 2. The van der Waals surface area contributed by atoms with E-state index in [0.717, 1.165) is 5.56 Å². The molecule has 0 unspecified atom stereocenters. The molecule has 0 atom stereocenters. The lowest BCUT2D eigenvalue weighted by Crippen LogP contribution is -1.98. The van der Waals surface area contributed by atoms with Crippen LogP contribution in [-0.4, -0.2) is 23.4 Å². The first kappa shape index (κ1) is 12.7. The van der Waals surface area contributed by atoms with Gasteiger partial charge >= 0.3 is 0 Å². The molecule has 0 amide bonds. The Kier molecular flexibility index (Phi) is 6.53. The van der Waals surface area contributed by atoms with Crippen LogP contribution in [0.5, 0.6) is 0 Å². The van der Waals surface area contributed by atoms with Crippen LogP contribution in [0.15, 0.2) is 18.2 Å². The molecule has 0 saturated carbocycles. The van der Waals surface area contributed by atoms with Crippen molar-refractivity contribution in [3.8, 4) is 0 Å². The van der Waals surface area contributed by atoms with Gasteiger partial charge in [-0.05, 0) is 31.0 Å². The average molecular weight is 198 g/mol. The molecular formula is C10H18N2O2. The van der Waals surface area contributed by atoms with Crippen LogP contribution in [0, 0.1) is 0 Å². The highest BCUT2D eigenvalue weighted by Gasteiger charge is 1.97. The number of hydrogen-bond acceptors (Lipinski definition) is 4. The monoisotopic (exact) mass is 198 g/mol. The van der Waals surface area contributed by atoms with E-state index in [1.54, 1.807) is 19.1 Å². The summed E-state index contributed by atoms with van der Waals surface area (Å²) < 4.78 is 0. The van der Waals surface area contributed by atoms with E-state index in [-0.39, 0.29) is 13.2 Å². The third-order valence-corrected chi connectivity index (χ3v) is 1.55. The van der Waals surface area contributed by atoms with Crippen molar-refractivity contribution in [2.75, 3.05) is 24.7 Å². The minimum atomic E-state index is 0.119. The zero-order chi connectivity index (χ0) is 11.0. The highest BCUT2D eigenvalue weighted by atomic mass is 16.3. The number of aliphatic hydroxyl groups excluding tert-OH is 2. The SMILES string of the molecule is CCO.Nc1ccc(CCO)c(N)c1. The third-order valence-electron chi connectivity index (χ3n) is 1.55. The van der Waals surface area contributed by atoms with Crippen molar-refractivity contribution >= 4 is 11.4 Å². The lowest BCUT2D eigenvalue weighted by atomic mass is 10.1. The summed E-state index contributed by atoms with van der Waals surface area (Å²) in [5.74, 6) is 0. The first-order valence-corrected chi connectivity index (χ1v) is 4.51. The van der Waals surface area contributed by atoms with Gasteiger partial charge in [0, 0.05) is 24.6 Å². The lowest BCUT2D eigenvalue weighted by molar-refractivity contribution is 0.300. The summed E-state index contributed by atoms with van der Waals surface area (Å²) in [5, 5.41) is 16.2. The van der Waals surface area contributed by atoms with Crippen LogP contribution >= 0.6 is 0 Å². The summed E-state index contributed by atoms with van der Waals surface area (Å²) in [6, 6.07) is 5.31. The maximum Gasteiger partial charge on any atom is 0.0472 e. The molecule has 0 bridgehead atoms. The van der Waals surface area contributed by atoms with Gasteiger partial charge in [0.2, 0.25) is 0 Å². The Morgan fingerprint density at radius 3 is 2.21 bits per heavy atom. The van der Waals surface area contributed by atoms with Crippen molar-refractivity contribution in [3.63, 3.8) is 0 Å². The Bertz CT molecular complexity index is 264. The summed E-state index contributed by atoms with van der Waals surface area (Å²) >= 11 is 0. The van der Waals surface area contributed by atoms with E-state index in [1.807, 2.05) is 6.07 Å². The first-order valence-electron chi connectivity index (χ1n) is 4.51. The van der Waals surface area contributed by atoms with Gasteiger partial charge in [0.25, 0.3) is 0 Å². The number of anilines is 2. The maximum atomic E-state index is 8.63. The normalized spacial score (nSPS) is 9.07. The first-order chi connectivity index (χ1) is 6.65. The predicted octanol–water partition coefficient (Wildman–Crippen LogP) is 0.384. The molecule has 0 aliphatic rings. The third kappa shape index (κ3) is 4.69. The highest BCUT2D eigenvalue weighted by molar-refractivity contribution is 5.56. The quantitative estimate of drug-likeness (QED) is 0.517. The largest absolute Gasteiger partial charge is 0.399 e. The van der Waals surface area contributed by atoms with Crippen LogP contribution in [0.1, 0.15) is 12.5 Å². The van der Waals surface area contributed by atoms with Gasteiger partial charge in [-0.3, -0.25) is 0 Å². The predicted molar refractivity (Wildman–Crippen MR) is 58.8 cm³/mol. The molecule has 4 nitrogen and oxygen atoms in total. The lowest BCUT2D eigenvalue weighted by Gasteiger charge is -2.03. The molecule has 4 heteroatoms. The summed E-state index contributed by atoms with van der Waals surface area (Å²) in [5.41, 5.74) is 13.4. The van der Waals surface area contributed by atoms with Crippen LogP contribution in [0.2, 0.25) is 0 Å². The highest BCUT2D eigenvalue weighted by Crippen LogP contribution is 2.15. The molecule has 0 radical (unpaired) electrons. The van der Waals surface area contributed by atoms with Gasteiger partial charge in [-0.15, -0.1) is 0 Å². The van der Waals surface area contributed by atoms with E-state index in [0.29, 0.717) is 17.8 Å². The zero-order valence-corrected chi connectivity index (χ0v) is 8.40.